The molecule has 0 N–H and O–H groups in total. The van der Waals surface area contributed by atoms with Crippen molar-refractivity contribution in [2.24, 2.45) is 0 Å². The predicted octanol–water partition coefficient (Wildman–Crippen LogP) is 0.318. The van der Waals surface area contributed by atoms with Crippen LogP contribution in [0.4, 0.5) is 0 Å². The molecule has 0 bridgehead atoms. The summed E-state index contributed by atoms with van der Waals surface area (Å²) in [4.78, 5) is 24.8. The van der Waals surface area contributed by atoms with Crippen LogP contribution in [0.25, 0.3) is 0 Å². The standard InChI is InChI=1S/C12H21NO5S2/c1-3-13(7-12(15)18-4-2)11(14)8-19-10-5-6-20(16,17)9-10/h10H,3-9H2,1-2H3. The van der Waals surface area contributed by atoms with E-state index in [4.69, 9.17) is 4.74 Å². The Labute approximate surface area is 124 Å². The van der Waals surface area contributed by atoms with Gasteiger partial charge in [0.25, 0.3) is 0 Å². The lowest BCUT2D eigenvalue weighted by Gasteiger charge is -2.20. The van der Waals surface area contributed by atoms with Crippen LogP contribution in [0.15, 0.2) is 0 Å². The molecule has 0 aliphatic carbocycles. The molecule has 116 valence electrons. The van der Waals surface area contributed by atoms with E-state index in [2.05, 4.69) is 0 Å². The van der Waals surface area contributed by atoms with Crippen molar-refractivity contribution in [2.75, 3.05) is 37.0 Å². The largest absolute Gasteiger partial charge is 0.465 e. The van der Waals surface area contributed by atoms with Crippen LogP contribution in [0.2, 0.25) is 0 Å². The summed E-state index contributed by atoms with van der Waals surface area (Å²) < 4.78 is 27.5. The minimum Gasteiger partial charge on any atom is -0.465 e. The average Bonchev–Trinajstić information content (AvgIpc) is 2.73. The van der Waals surface area contributed by atoms with Crippen LogP contribution in [-0.2, 0) is 24.2 Å². The Hall–Kier alpha value is -0.760. The molecule has 8 heteroatoms. The van der Waals surface area contributed by atoms with Crippen molar-refractivity contribution in [2.45, 2.75) is 25.5 Å². The van der Waals surface area contributed by atoms with Crippen molar-refractivity contribution >= 4 is 33.5 Å². The second-order valence-corrected chi connectivity index (χ2v) is 8.07. The first-order valence-electron chi connectivity index (χ1n) is 6.63. The molecular formula is C12H21NO5S2. The summed E-state index contributed by atoms with van der Waals surface area (Å²) in [6.45, 7) is 4.18. The van der Waals surface area contributed by atoms with Gasteiger partial charge in [0, 0.05) is 11.8 Å². The first-order valence-corrected chi connectivity index (χ1v) is 9.50. The smallest absolute Gasteiger partial charge is 0.325 e. The summed E-state index contributed by atoms with van der Waals surface area (Å²) in [5, 5.41) is -0.00903. The monoisotopic (exact) mass is 323 g/mol. The Kier molecular flexibility index (Phi) is 6.81. The molecule has 1 saturated heterocycles. The van der Waals surface area contributed by atoms with Gasteiger partial charge in [-0.3, -0.25) is 9.59 Å². The molecule has 0 radical (unpaired) electrons. The quantitative estimate of drug-likeness (QED) is 0.628. The molecule has 6 nitrogen and oxygen atoms in total. The highest BCUT2D eigenvalue weighted by atomic mass is 32.2. The van der Waals surface area contributed by atoms with E-state index in [0.717, 1.165) is 0 Å². The lowest BCUT2D eigenvalue weighted by Crippen LogP contribution is -2.37. The number of carbonyl (C=O) groups excluding carboxylic acids is 2. The van der Waals surface area contributed by atoms with Crippen molar-refractivity contribution < 1.29 is 22.7 Å². The van der Waals surface area contributed by atoms with Gasteiger partial charge in [-0.2, -0.15) is 0 Å². The highest BCUT2D eigenvalue weighted by molar-refractivity contribution is 8.02. The van der Waals surface area contributed by atoms with Gasteiger partial charge in [-0.15, -0.1) is 11.8 Å². The topological polar surface area (TPSA) is 80.8 Å². The Morgan fingerprint density at radius 1 is 1.35 bits per heavy atom. The molecule has 0 spiro atoms. The summed E-state index contributed by atoms with van der Waals surface area (Å²) in [5.41, 5.74) is 0. The maximum absolute atomic E-state index is 12.0. The molecule has 1 fully saturated rings. The summed E-state index contributed by atoms with van der Waals surface area (Å²) in [6, 6.07) is 0. The number of rotatable bonds is 7. The third-order valence-corrected chi connectivity index (χ3v) is 6.26. The fourth-order valence-electron chi connectivity index (χ4n) is 1.91. The first-order chi connectivity index (χ1) is 9.38. The van der Waals surface area contributed by atoms with Crippen LogP contribution >= 0.6 is 11.8 Å². The number of hydrogen-bond donors (Lipinski definition) is 0. The van der Waals surface area contributed by atoms with Crippen molar-refractivity contribution in [3.8, 4) is 0 Å². The molecule has 1 rings (SSSR count). The van der Waals surface area contributed by atoms with E-state index in [9.17, 15) is 18.0 Å². The van der Waals surface area contributed by atoms with Crippen LogP contribution in [-0.4, -0.2) is 67.4 Å². The van der Waals surface area contributed by atoms with E-state index in [0.29, 0.717) is 19.6 Å². The minimum absolute atomic E-state index is 0.00903. The van der Waals surface area contributed by atoms with E-state index in [1.165, 1.54) is 16.7 Å². The Bertz CT molecular complexity index is 449. The van der Waals surface area contributed by atoms with Gasteiger partial charge in [0.05, 0.1) is 23.9 Å². The Morgan fingerprint density at radius 2 is 2.05 bits per heavy atom. The molecule has 1 aliphatic heterocycles. The molecule has 1 atom stereocenters. The molecule has 0 aromatic heterocycles. The second kappa shape index (κ2) is 7.87. The van der Waals surface area contributed by atoms with Crippen LogP contribution in [0.3, 0.4) is 0 Å². The van der Waals surface area contributed by atoms with E-state index < -0.39 is 15.8 Å². The number of hydrogen-bond acceptors (Lipinski definition) is 6. The van der Waals surface area contributed by atoms with E-state index in [-0.39, 0.29) is 35.0 Å². The maximum atomic E-state index is 12.0. The summed E-state index contributed by atoms with van der Waals surface area (Å²) in [5.74, 6) is -0.0207. The van der Waals surface area contributed by atoms with Crippen molar-refractivity contribution in [3.05, 3.63) is 0 Å². The average molecular weight is 323 g/mol. The van der Waals surface area contributed by atoms with Gasteiger partial charge in [-0.1, -0.05) is 0 Å². The molecule has 0 aromatic rings. The van der Waals surface area contributed by atoms with Crippen LogP contribution < -0.4 is 0 Å². The highest BCUT2D eigenvalue weighted by Crippen LogP contribution is 2.24. The number of nitrogens with zero attached hydrogens (tertiary/aromatic N) is 1. The zero-order chi connectivity index (χ0) is 15.2. The summed E-state index contributed by atoms with van der Waals surface area (Å²) in [7, 11) is -2.92. The van der Waals surface area contributed by atoms with Gasteiger partial charge < -0.3 is 9.64 Å². The summed E-state index contributed by atoms with van der Waals surface area (Å²) in [6.07, 6.45) is 0.601. The number of ether oxygens (including phenoxy) is 1. The molecule has 1 amide bonds. The lowest BCUT2D eigenvalue weighted by atomic mass is 10.4. The third-order valence-electron chi connectivity index (χ3n) is 2.99. The molecule has 1 unspecified atom stereocenters. The Balaban J connectivity index is 2.38. The molecule has 0 saturated carbocycles. The van der Waals surface area contributed by atoms with Gasteiger partial charge in [-0.05, 0) is 20.3 Å². The predicted molar refractivity (Wildman–Crippen MR) is 78.4 cm³/mol. The third kappa shape index (κ3) is 5.70. The minimum atomic E-state index is -2.92. The normalized spacial score (nSPS) is 20.6. The second-order valence-electron chi connectivity index (χ2n) is 4.55. The number of esters is 1. The lowest BCUT2D eigenvalue weighted by molar-refractivity contribution is -0.148. The Morgan fingerprint density at radius 3 is 2.55 bits per heavy atom. The van der Waals surface area contributed by atoms with Crippen molar-refractivity contribution in [3.63, 3.8) is 0 Å². The van der Waals surface area contributed by atoms with Crippen molar-refractivity contribution in [1.29, 1.82) is 0 Å². The van der Waals surface area contributed by atoms with Crippen LogP contribution in [0, 0.1) is 0 Å². The first kappa shape index (κ1) is 17.3. The van der Waals surface area contributed by atoms with Gasteiger partial charge in [0.2, 0.25) is 5.91 Å². The SMILES string of the molecule is CCOC(=O)CN(CC)C(=O)CSC1CCS(=O)(=O)C1. The van der Waals surface area contributed by atoms with Gasteiger partial charge in [-0.25, -0.2) is 8.42 Å². The molecular weight excluding hydrogens is 302 g/mol. The highest BCUT2D eigenvalue weighted by Gasteiger charge is 2.29. The zero-order valence-corrected chi connectivity index (χ0v) is 13.5. The number of carbonyl (C=O) groups is 2. The van der Waals surface area contributed by atoms with E-state index in [1.807, 2.05) is 0 Å². The molecule has 20 heavy (non-hydrogen) atoms. The summed E-state index contributed by atoms with van der Waals surface area (Å²) >= 11 is 1.36. The number of likely N-dealkylation sites (N-methyl/N-ethyl adjacent to an activating group) is 1. The van der Waals surface area contributed by atoms with Crippen LogP contribution in [0.1, 0.15) is 20.3 Å². The number of thioether (sulfide) groups is 1. The number of amides is 1. The molecule has 0 aromatic carbocycles. The maximum Gasteiger partial charge on any atom is 0.325 e. The van der Waals surface area contributed by atoms with Crippen LogP contribution in [0.5, 0.6) is 0 Å². The van der Waals surface area contributed by atoms with E-state index in [1.54, 1.807) is 13.8 Å². The van der Waals surface area contributed by atoms with Gasteiger partial charge in [0.1, 0.15) is 6.54 Å². The van der Waals surface area contributed by atoms with E-state index >= 15 is 0 Å². The fourth-order valence-corrected chi connectivity index (χ4v) is 5.46. The number of sulfone groups is 1. The van der Waals surface area contributed by atoms with Gasteiger partial charge >= 0.3 is 5.97 Å². The van der Waals surface area contributed by atoms with Crippen molar-refractivity contribution in [1.82, 2.24) is 4.90 Å². The fraction of sp³-hybridized carbons (Fsp3) is 0.833. The molecule has 1 aliphatic rings. The molecule has 1 heterocycles. The van der Waals surface area contributed by atoms with Gasteiger partial charge in [0.15, 0.2) is 9.84 Å². The zero-order valence-electron chi connectivity index (χ0n) is 11.8.